The van der Waals surface area contributed by atoms with Gasteiger partial charge in [-0.15, -0.1) is 0 Å². The van der Waals surface area contributed by atoms with Crippen molar-refractivity contribution in [3.8, 4) is 11.5 Å². The molecule has 20 heavy (non-hydrogen) atoms. The van der Waals surface area contributed by atoms with Gasteiger partial charge >= 0.3 is 0 Å². The van der Waals surface area contributed by atoms with E-state index in [2.05, 4.69) is 19.9 Å². The van der Waals surface area contributed by atoms with E-state index in [9.17, 15) is 0 Å². The summed E-state index contributed by atoms with van der Waals surface area (Å²) in [6.45, 7) is 5.36. The molecule has 0 radical (unpaired) electrons. The molecule has 2 N–H and O–H groups in total. The zero-order valence-electron chi connectivity index (χ0n) is 12.2. The van der Waals surface area contributed by atoms with Crippen molar-refractivity contribution in [2.75, 3.05) is 13.2 Å². The molecule has 2 aliphatic heterocycles. The maximum atomic E-state index is 6.00. The largest absolute Gasteiger partial charge is 0.487 e. The topological polar surface area (TPSA) is 53.7 Å². The normalized spacial score (nSPS) is 27.1. The van der Waals surface area contributed by atoms with Gasteiger partial charge in [0.05, 0.1) is 12.2 Å². The van der Waals surface area contributed by atoms with E-state index < -0.39 is 0 Å². The summed E-state index contributed by atoms with van der Waals surface area (Å²) in [6, 6.07) is 6.10. The molecule has 1 saturated heterocycles. The van der Waals surface area contributed by atoms with Crippen molar-refractivity contribution in [1.82, 2.24) is 0 Å². The lowest BCUT2D eigenvalue weighted by molar-refractivity contribution is 0.0210. The van der Waals surface area contributed by atoms with Gasteiger partial charge in [-0.05, 0) is 32.8 Å². The van der Waals surface area contributed by atoms with E-state index in [4.69, 9.17) is 19.9 Å². The second-order valence-corrected chi connectivity index (χ2v) is 6.29. The van der Waals surface area contributed by atoms with Crippen molar-refractivity contribution in [3.63, 3.8) is 0 Å². The Kier molecular flexibility index (Phi) is 3.61. The monoisotopic (exact) mass is 277 g/mol. The maximum absolute atomic E-state index is 6.00. The minimum atomic E-state index is -0.143. The molecule has 4 nitrogen and oxygen atoms in total. The van der Waals surface area contributed by atoms with Crippen molar-refractivity contribution >= 4 is 0 Å². The number of para-hydroxylation sites is 1. The molecule has 2 aliphatic rings. The van der Waals surface area contributed by atoms with Crippen LogP contribution in [0.1, 0.15) is 32.3 Å². The molecule has 0 spiro atoms. The molecule has 3 rings (SSSR count). The van der Waals surface area contributed by atoms with E-state index in [0.29, 0.717) is 13.2 Å². The SMILES string of the molecule is CC1(C)Cc2cccc(OCC3CCC(CN)O3)c2O1. The molecule has 0 amide bonds. The van der Waals surface area contributed by atoms with Gasteiger partial charge in [0.2, 0.25) is 0 Å². The minimum absolute atomic E-state index is 0.143. The molecule has 2 atom stereocenters. The van der Waals surface area contributed by atoms with Crippen LogP contribution >= 0.6 is 0 Å². The summed E-state index contributed by atoms with van der Waals surface area (Å²) in [5, 5.41) is 0. The Balaban J connectivity index is 1.64. The van der Waals surface area contributed by atoms with E-state index >= 15 is 0 Å². The zero-order valence-corrected chi connectivity index (χ0v) is 12.2. The Hall–Kier alpha value is -1.26. The van der Waals surface area contributed by atoms with Crippen LogP contribution in [-0.4, -0.2) is 31.0 Å². The highest BCUT2D eigenvalue weighted by atomic mass is 16.6. The molecule has 1 aromatic carbocycles. The van der Waals surface area contributed by atoms with Gasteiger partial charge in [0.15, 0.2) is 11.5 Å². The van der Waals surface area contributed by atoms with Gasteiger partial charge in [0.25, 0.3) is 0 Å². The predicted octanol–water partition coefficient (Wildman–Crippen LogP) is 2.29. The van der Waals surface area contributed by atoms with Crippen molar-refractivity contribution in [2.45, 2.75) is 50.9 Å². The third-order valence-electron chi connectivity index (χ3n) is 3.94. The molecule has 0 bridgehead atoms. The summed E-state index contributed by atoms with van der Waals surface area (Å²) in [6.07, 6.45) is 3.31. The van der Waals surface area contributed by atoms with Crippen LogP contribution in [0.3, 0.4) is 0 Å². The molecule has 4 heteroatoms. The summed E-state index contributed by atoms with van der Waals surface area (Å²) in [5.41, 5.74) is 6.70. The van der Waals surface area contributed by atoms with Gasteiger partial charge in [-0.3, -0.25) is 0 Å². The number of hydrogen-bond acceptors (Lipinski definition) is 4. The Morgan fingerprint density at radius 2 is 2.10 bits per heavy atom. The van der Waals surface area contributed by atoms with E-state index in [1.54, 1.807) is 0 Å². The van der Waals surface area contributed by atoms with Gasteiger partial charge in [-0.2, -0.15) is 0 Å². The number of rotatable bonds is 4. The summed E-state index contributed by atoms with van der Waals surface area (Å²) >= 11 is 0. The van der Waals surface area contributed by atoms with Gasteiger partial charge in [-0.25, -0.2) is 0 Å². The quantitative estimate of drug-likeness (QED) is 0.917. The molecule has 0 saturated carbocycles. The van der Waals surface area contributed by atoms with Crippen molar-refractivity contribution in [3.05, 3.63) is 23.8 Å². The second kappa shape index (κ2) is 5.26. The van der Waals surface area contributed by atoms with E-state index in [0.717, 1.165) is 30.8 Å². The number of hydrogen-bond donors (Lipinski definition) is 1. The van der Waals surface area contributed by atoms with Crippen LogP contribution in [0.4, 0.5) is 0 Å². The lowest BCUT2D eigenvalue weighted by Crippen LogP contribution is -2.25. The van der Waals surface area contributed by atoms with Gasteiger partial charge in [0.1, 0.15) is 12.2 Å². The van der Waals surface area contributed by atoms with Gasteiger partial charge in [0, 0.05) is 18.5 Å². The van der Waals surface area contributed by atoms with Crippen molar-refractivity contribution in [2.24, 2.45) is 5.73 Å². The maximum Gasteiger partial charge on any atom is 0.165 e. The fraction of sp³-hybridized carbons (Fsp3) is 0.625. The molecule has 110 valence electrons. The van der Waals surface area contributed by atoms with Crippen LogP contribution in [0, 0.1) is 0 Å². The number of nitrogens with two attached hydrogens (primary N) is 1. The number of ether oxygens (including phenoxy) is 3. The Bertz CT molecular complexity index is 487. The molecule has 1 fully saturated rings. The summed E-state index contributed by atoms with van der Waals surface area (Å²) in [5.74, 6) is 1.72. The van der Waals surface area contributed by atoms with E-state index in [-0.39, 0.29) is 17.8 Å². The smallest absolute Gasteiger partial charge is 0.165 e. The minimum Gasteiger partial charge on any atom is -0.487 e. The summed E-state index contributed by atoms with van der Waals surface area (Å²) < 4.78 is 17.7. The Labute approximate surface area is 120 Å². The van der Waals surface area contributed by atoms with Crippen LogP contribution in [0.25, 0.3) is 0 Å². The first-order chi connectivity index (χ1) is 9.57. The summed E-state index contributed by atoms with van der Waals surface area (Å²) in [4.78, 5) is 0. The third kappa shape index (κ3) is 2.76. The molecule has 0 aromatic heterocycles. The lowest BCUT2D eigenvalue weighted by atomic mass is 10.0. The first kappa shape index (κ1) is 13.7. The standard InChI is InChI=1S/C16H23NO3/c1-16(2)8-11-4-3-5-14(15(11)20-16)18-10-13-7-6-12(9-17)19-13/h3-5,12-13H,6-10,17H2,1-2H3. The average Bonchev–Trinajstić information content (AvgIpc) is 2.98. The highest BCUT2D eigenvalue weighted by molar-refractivity contribution is 5.50. The highest BCUT2D eigenvalue weighted by Gasteiger charge is 2.32. The van der Waals surface area contributed by atoms with Crippen LogP contribution in [0.15, 0.2) is 18.2 Å². The van der Waals surface area contributed by atoms with Crippen LogP contribution in [0.5, 0.6) is 11.5 Å². The number of benzene rings is 1. The van der Waals surface area contributed by atoms with Crippen LogP contribution in [-0.2, 0) is 11.2 Å². The van der Waals surface area contributed by atoms with E-state index in [1.807, 2.05) is 12.1 Å². The van der Waals surface area contributed by atoms with E-state index in [1.165, 1.54) is 5.56 Å². The Morgan fingerprint density at radius 1 is 1.30 bits per heavy atom. The first-order valence-electron chi connectivity index (χ1n) is 7.36. The molecule has 2 unspecified atom stereocenters. The highest BCUT2D eigenvalue weighted by Crippen LogP contribution is 2.41. The molecular weight excluding hydrogens is 254 g/mol. The molecule has 1 aromatic rings. The third-order valence-corrected chi connectivity index (χ3v) is 3.94. The zero-order chi connectivity index (χ0) is 14.2. The fourth-order valence-electron chi connectivity index (χ4n) is 2.96. The van der Waals surface area contributed by atoms with Gasteiger partial charge in [-0.1, -0.05) is 12.1 Å². The number of fused-ring (bicyclic) bond motifs is 1. The molecule has 0 aliphatic carbocycles. The lowest BCUT2D eigenvalue weighted by Gasteiger charge is -2.19. The van der Waals surface area contributed by atoms with Crippen molar-refractivity contribution in [1.29, 1.82) is 0 Å². The van der Waals surface area contributed by atoms with Gasteiger partial charge < -0.3 is 19.9 Å². The second-order valence-electron chi connectivity index (χ2n) is 6.29. The fourth-order valence-corrected chi connectivity index (χ4v) is 2.96. The predicted molar refractivity (Wildman–Crippen MR) is 77.3 cm³/mol. The van der Waals surface area contributed by atoms with Crippen molar-refractivity contribution < 1.29 is 14.2 Å². The van der Waals surface area contributed by atoms with Crippen LogP contribution < -0.4 is 15.2 Å². The summed E-state index contributed by atoms with van der Waals surface area (Å²) in [7, 11) is 0. The first-order valence-corrected chi connectivity index (χ1v) is 7.36. The molecular formula is C16H23NO3. The molecule has 2 heterocycles. The Morgan fingerprint density at radius 3 is 2.85 bits per heavy atom. The van der Waals surface area contributed by atoms with Crippen LogP contribution in [0.2, 0.25) is 0 Å². The average molecular weight is 277 g/mol.